The van der Waals surface area contributed by atoms with Crippen molar-refractivity contribution >= 4 is 35.4 Å². The van der Waals surface area contributed by atoms with Crippen molar-refractivity contribution in [1.29, 1.82) is 0 Å². The molecule has 3 aromatic heterocycles. The minimum absolute atomic E-state index is 0.197. The number of nitrogens with one attached hydrogen (secondary N) is 3. The first kappa shape index (κ1) is 22.5. The maximum atomic E-state index is 15.0. The number of aryl methyl sites for hydroxylation is 1. The smallest absolute Gasteiger partial charge is 0.413 e. The van der Waals surface area contributed by atoms with E-state index in [1.165, 1.54) is 6.07 Å². The molecule has 4 aromatic rings. The number of ether oxygens (including phenoxy) is 1. The van der Waals surface area contributed by atoms with E-state index in [1.54, 1.807) is 25.3 Å². The van der Waals surface area contributed by atoms with Gasteiger partial charge in [0.15, 0.2) is 5.65 Å². The first-order valence-electron chi connectivity index (χ1n) is 11.3. The van der Waals surface area contributed by atoms with E-state index in [0.29, 0.717) is 39.5 Å². The number of amides is 1. The van der Waals surface area contributed by atoms with Crippen LogP contribution in [0, 0.1) is 12.7 Å². The molecule has 0 spiro atoms. The van der Waals surface area contributed by atoms with E-state index in [4.69, 9.17) is 4.74 Å². The van der Waals surface area contributed by atoms with Crippen LogP contribution in [0.1, 0.15) is 36.6 Å². The lowest BCUT2D eigenvalue weighted by Gasteiger charge is -2.10. The third-order valence-electron chi connectivity index (χ3n) is 5.96. The van der Waals surface area contributed by atoms with Crippen LogP contribution in [0.25, 0.3) is 34.4 Å². The molecule has 0 unspecified atom stereocenters. The maximum Gasteiger partial charge on any atom is 0.413 e. The lowest BCUT2D eigenvalue weighted by atomic mass is 9.97. The molecule has 0 aliphatic heterocycles. The summed E-state index contributed by atoms with van der Waals surface area (Å²) in [6.07, 6.45) is 7.00. The monoisotopic (exact) mass is 474 g/mol. The predicted molar refractivity (Wildman–Crippen MR) is 130 cm³/mol. The second-order valence-electron chi connectivity index (χ2n) is 8.23. The summed E-state index contributed by atoms with van der Waals surface area (Å²) < 4.78 is 19.8. The molecule has 0 bridgehead atoms. The summed E-state index contributed by atoms with van der Waals surface area (Å²) in [7, 11) is 0. The van der Waals surface area contributed by atoms with Crippen molar-refractivity contribution in [3.63, 3.8) is 0 Å². The summed E-state index contributed by atoms with van der Waals surface area (Å²) in [5.41, 5.74) is 4.03. The Balaban J connectivity index is 1.52. The molecule has 1 amide bonds. The molecule has 1 aromatic carbocycles. The lowest BCUT2D eigenvalue weighted by Crippen LogP contribution is -2.45. The van der Waals surface area contributed by atoms with Gasteiger partial charge in [0.2, 0.25) is 5.95 Å². The number of aromatic amines is 2. The Bertz CT molecular complexity index is 1640. The van der Waals surface area contributed by atoms with E-state index in [9.17, 15) is 14.0 Å². The fourth-order valence-corrected chi connectivity index (χ4v) is 4.29. The summed E-state index contributed by atoms with van der Waals surface area (Å²) in [6, 6.07) is 4.89. The van der Waals surface area contributed by atoms with Gasteiger partial charge >= 0.3 is 6.09 Å². The topological polar surface area (TPSA) is 126 Å². The highest BCUT2D eigenvalue weighted by Crippen LogP contribution is 2.30. The Morgan fingerprint density at radius 3 is 2.80 bits per heavy atom. The SMILES string of the molecule is CCOC(=O)Nc1nc2c(C)c(-c3cc(Cc4n[nH]c(=O)c5c4=CCCC=5)ccc3F)cnc2[nH]1. The zero-order chi connectivity index (χ0) is 24.5. The number of hydrogen-bond acceptors (Lipinski definition) is 6. The molecule has 5 rings (SSSR count). The molecular weight excluding hydrogens is 451 g/mol. The standard InChI is InChI=1S/C25H23FN6O3/c1-3-35-25(34)30-24-28-21-13(2)18(12-27-22(21)29-24)17-10-14(8-9-19(17)26)11-20-15-6-4-5-7-16(15)23(33)32-31-20/h6-10,12H,3-5,11H2,1-2H3,(H,32,33)(H2,27,28,29,30,34). The first-order valence-corrected chi connectivity index (χ1v) is 11.3. The van der Waals surface area contributed by atoms with Gasteiger partial charge in [-0.1, -0.05) is 18.2 Å². The Kier molecular flexibility index (Phi) is 5.86. The Morgan fingerprint density at radius 2 is 2.00 bits per heavy atom. The normalized spacial score (nSPS) is 12.5. The Hall–Kier alpha value is -4.34. The van der Waals surface area contributed by atoms with Crippen LogP contribution in [0.4, 0.5) is 15.1 Å². The number of H-pyrrole nitrogens is 2. The summed E-state index contributed by atoms with van der Waals surface area (Å²) in [5, 5.41) is 10.8. The van der Waals surface area contributed by atoms with E-state index in [0.717, 1.165) is 29.3 Å². The average Bonchev–Trinajstić information content (AvgIpc) is 3.26. The van der Waals surface area contributed by atoms with Gasteiger partial charge in [0, 0.05) is 34.2 Å². The summed E-state index contributed by atoms with van der Waals surface area (Å²) >= 11 is 0. The van der Waals surface area contributed by atoms with Crippen molar-refractivity contribution in [1.82, 2.24) is 25.1 Å². The molecule has 9 nitrogen and oxygen atoms in total. The molecule has 3 heterocycles. The molecule has 0 saturated heterocycles. The number of rotatable bonds is 5. The molecule has 10 heteroatoms. The number of halogens is 1. The van der Waals surface area contributed by atoms with Crippen LogP contribution in [0.15, 0.2) is 29.2 Å². The summed E-state index contributed by atoms with van der Waals surface area (Å²) in [6.45, 7) is 3.76. The van der Waals surface area contributed by atoms with E-state index in [1.807, 2.05) is 19.1 Å². The largest absolute Gasteiger partial charge is 0.450 e. The quantitative estimate of drug-likeness (QED) is 0.408. The van der Waals surface area contributed by atoms with Crippen LogP contribution in [0.3, 0.4) is 0 Å². The number of carbonyl (C=O) groups is 1. The third-order valence-corrected chi connectivity index (χ3v) is 5.96. The van der Waals surface area contributed by atoms with Gasteiger partial charge in [-0.15, -0.1) is 0 Å². The lowest BCUT2D eigenvalue weighted by molar-refractivity contribution is 0.167. The second-order valence-corrected chi connectivity index (χ2v) is 8.23. The van der Waals surface area contributed by atoms with E-state index in [2.05, 4.69) is 30.5 Å². The third kappa shape index (κ3) is 4.30. The predicted octanol–water partition coefficient (Wildman–Crippen LogP) is 2.67. The van der Waals surface area contributed by atoms with E-state index < -0.39 is 11.9 Å². The molecular formula is C25H23FN6O3. The first-order chi connectivity index (χ1) is 16.9. The number of aromatic nitrogens is 5. The van der Waals surface area contributed by atoms with E-state index in [-0.39, 0.29) is 18.1 Å². The zero-order valence-electron chi connectivity index (χ0n) is 19.2. The molecule has 0 radical (unpaired) electrons. The van der Waals surface area contributed by atoms with Crippen molar-refractivity contribution < 1.29 is 13.9 Å². The number of pyridine rings is 1. The average molecular weight is 474 g/mol. The van der Waals surface area contributed by atoms with Crippen LogP contribution in [0.2, 0.25) is 0 Å². The summed E-state index contributed by atoms with van der Waals surface area (Å²) in [4.78, 5) is 35.5. The summed E-state index contributed by atoms with van der Waals surface area (Å²) in [5.74, 6) is -0.197. The maximum absolute atomic E-state index is 15.0. The molecule has 1 aliphatic rings. The molecule has 0 atom stereocenters. The molecule has 1 aliphatic carbocycles. The van der Waals surface area contributed by atoms with E-state index >= 15 is 0 Å². The van der Waals surface area contributed by atoms with Crippen LogP contribution >= 0.6 is 0 Å². The van der Waals surface area contributed by atoms with Gasteiger partial charge < -0.3 is 9.72 Å². The fourth-order valence-electron chi connectivity index (χ4n) is 4.29. The van der Waals surface area contributed by atoms with Crippen molar-refractivity contribution in [3.8, 4) is 11.1 Å². The van der Waals surface area contributed by atoms with Crippen LogP contribution in [-0.4, -0.2) is 37.8 Å². The molecule has 3 N–H and O–H groups in total. The molecule has 35 heavy (non-hydrogen) atoms. The van der Waals surface area contributed by atoms with Gasteiger partial charge in [-0.2, -0.15) is 5.10 Å². The van der Waals surface area contributed by atoms with Crippen LogP contribution in [0.5, 0.6) is 0 Å². The highest BCUT2D eigenvalue weighted by atomic mass is 19.1. The van der Waals surface area contributed by atoms with Gasteiger partial charge in [-0.05, 0) is 49.9 Å². The zero-order valence-corrected chi connectivity index (χ0v) is 19.2. The number of nitrogens with zero attached hydrogens (tertiary/aromatic N) is 3. The van der Waals surface area contributed by atoms with Crippen LogP contribution in [-0.2, 0) is 11.2 Å². The van der Waals surface area contributed by atoms with Crippen LogP contribution < -0.4 is 21.3 Å². The van der Waals surface area contributed by atoms with Gasteiger partial charge in [0.25, 0.3) is 5.56 Å². The Labute approximate surface area is 198 Å². The Morgan fingerprint density at radius 1 is 1.20 bits per heavy atom. The number of fused-ring (bicyclic) bond motifs is 2. The van der Waals surface area contributed by atoms with Crippen molar-refractivity contribution in [2.24, 2.45) is 0 Å². The molecule has 178 valence electrons. The molecule has 0 fully saturated rings. The van der Waals surface area contributed by atoms with Gasteiger partial charge in [-0.25, -0.2) is 24.3 Å². The number of hydrogen-bond donors (Lipinski definition) is 3. The highest BCUT2D eigenvalue weighted by molar-refractivity contribution is 5.88. The minimum Gasteiger partial charge on any atom is -0.450 e. The number of anilines is 1. The number of benzene rings is 1. The molecule has 0 saturated carbocycles. The van der Waals surface area contributed by atoms with Crippen molar-refractivity contribution in [2.75, 3.05) is 11.9 Å². The van der Waals surface area contributed by atoms with Gasteiger partial charge in [0.1, 0.15) is 11.3 Å². The number of carbonyl (C=O) groups excluding carboxylic acids is 1. The number of imidazole rings is 1. The van der Waals surface area contributed by atoms with Gasteiger partial charge in [-0.3, -0.25) is 10.1 Å². The fraction of sp³-hybridized carbons (Fsp3) is 0.240. The minimum atomic E-state index is -0.629. The second kappa shape index (κ2) is 9.13. The van der Waals surface area contributed by atoms with Gasteiger partial charge in [0.05, 0.1) is 12.3 Å². The van der Waals surface area contributed by atoms with Crippen molar-refractivity contribution in [3.05, 3.63) is 67.8 Å². The van der Waals surface area contributed by atoms with Crippen molar-refractivity contribution in [2.45, 2.75) is 33.1 Å². The highest BCUT2D eigenvalue weighted by Gasteiger charge is 2.17.